The molecule has 0 saturated carbocycles. The highest BCUT2D eigenvalue weighted by Crippen LogP contribution is 2.38. The molecule has 0 unspecified atom stereocenters. The van der Waals surface area contributed by atoms with Gasteiger partial charge in [0.15, 0.2) is 11.5 Å². The Hall–Kier alpha value is -0.950. The molecule has 0 aromatic heterocycles. The fourth-order valence-electron chi connectivity index (χ4n) is 1.41. The summed E-state index contributed by atoms with van der Waals surface area (Å²) < 4.78 is 37.6. The van der Waals surface area contributed by atoms with Gasteiger partial charge in [-0.05, 0) is 29.8 Å². The Morgan fingerprint density at radius 2 is 1.78 bits per heavy atom. The molecule has 5 nitrogen and oxygen atoms in total. The number of nitrogens with one attached hydrogen (secondary N) is 1. The summed E-state index contributed by atoms with van der Waals surface area (Å²) in [5.74, 6) is 1.16. The van der Waals surface area contributed by atoms with Gasteiger partial charge in [-0.2, -0.15) is 0 Å². The largest absolute Gasteiger partial charge is 0.486 e. The van der Waals surface area contributed by atoms with E-state index in [4.69, 9.17) is 9.47 Å². The average molecular weight is 336 g/mol. The zero-order valence-electron chi connectivity index (χ0n) is 10.1. The molecule has 0 fully saturated rings. The SMILES string of the molecule is CC(C)S(=O)(=O)Nc1cc2c(cc1Br)OCCO2. The number of fused-ring (bicyclic) bond motifs is 1. The summed E-state index contributed by atoms with van der Waals surface area (Å²) in [5.41, 5.74) is 0.452. The standard InChI is InChI=1S/C11H14BrNO4S/c1-7(2)18(14,15)13-9-6-11-10(5-8(9)12)16-3-4-17-11/h5-7,13H,3-4H2,1-2H3. The second kappa shape index (κ2) is 4.97. The molecule has 1 aliphatic heterocycles. The van der Waals surface area contributed by atoms with E-state index < -0.39 is 15.3 Å². The van der Waals surface area contributed by atoms with Gasteiger partial charge in [0.05, 0.1) is 10.9 Å². The lowest BCUT2D eigenvalue weighted by atomic mass is 10.2. The maximum absolute atomic E-state index is 11.8. The van der Waals surface area contributed by atoms with Gasteiger partial charge in [-0.3, -0.25) is 4.72 Å². The predicted molar refractivity (Wildman–Crippen MR) is 72.8 cm³/mol. The molecule has 0 atom stereocenters. The van der Waals surface area contributed by atoms with Crippen LogP contribution in [0.2, 0.25) is 0 Å². The van der Waals surface area contributed by atoms with Crippen molar-refractivity contribution < 1.29 is 17.9 Å². The van der Waals surface area contributed by atoms with Gasteiger partial charge in [-0.15, -0.1) is 0 Å². The Morgan fingerprint density at radius 1 is 1.22 bits per heavy atom. The number of sulfonamides is 1. The summed E-state index contributed by atoms with van der Waals surface area (Å²) in [6, 6.07) is 3.32. The summed E-state index contributed by atoms with van der Waals surface area (Å²) in [6.07, 6.45) is 0. The Bertz CT molecular complexity index is 556. The summed E-state index contributed by atoms with van der Waals surface area (Å²) in [7, 11) is -3.38. The van der Waals surface area contributed by atoms with Gasteiger partial charge in [-0.25, -0.2) is 8.42 Å². The Balaban J connectivity index is 2.35. The zero-order valence-corrected chi connectivity index (χ0v) is 12.5. The molecule has 18 heavy (non-hydrogen) atoms. The minimum Gasteiger partial charge on any atom is -0.486 e. The second-order valence-electron chi connectivity index (χ2n) is 4.17. The number of ether oxygens (including phenoxy) is 2. The van der Waals surface area contributed by atoms with Crippen molar-refractivity contribution in [2.75, 3.05) is 17.9 Å². The van der Waals surface area contributed by atoms with Gasteiger partial charge in [0.2, 0.25) is 10.0 Å². The van der Waals surface area contributed by atoms with Crippen LogP contribution in [0.1, 0.15) is 13.8 Å². The lowest BCUT2D eigenvalue weighted by Crippen LogP contribution is -2.23. The first kappa shape index (κ1) is 13.5. The number of hydrogen-bond donors (Lipinski definition) is 1. The lowest BCUT2D eigenvalue weighted by Gasteiger charge is -2.20. The smallest absolute Gasteiger partial charge is 0.235 e. The molecule has 2 rings (SSSR count). The maximum atomic E-state index is 11.8. The molecule has 0 spiro atoms. The Kier molecular flexibility index (Phi) is 3.72. The summed E-state index contributed by atoms with van der Waals surface area (Å²) in [6.45, 7) is 4.20. The normalized spacial score (nSPS) is 14.7. The van der Waals surface area contributed by atoms with Crippen molar-refractivity contribution >= 4 is 31.6 Å². The van der Waals surface area contributed by atoms with Gasteiger partial charge in [0.25, 0.3) is 0 Å². The fraction of sp³-hybridized carbons (Fsp3) is 0.455. The first-order chi connectivity index (χ1) is 8.40. The topological polar surface area (TPSA) is 64.6 Å². The first-order valence-electron chi connectivity index (χ1n) is 5.51. The van der Waals surface area contributed by atoms with E-state index in [-0.39, 0.29) is 0 Å². The summed E-state index contributed by atoms with van der Waals surface area (Å²) in [5, 5.41) is -0.502. The second-order valence-corrected chi connectivity index (χ2v) is 7.26. The molecule has 1 aromatic rings. The number of hydrogen-bond acceptors (Lipinski definition) is 4. The van der Waals surface area contributed by atoms with Crippen molar-refractivity contribution in [3.63, 3.8) is 0 Å². The molecule has 1 aliphatic rings. The molecule has 1 heterocycles. The molecular formula is C11H14BrNO4S. The van der Waals surface area contributed by atoms with E-state index in [9.17, 15) is 8.42 Å². The monoisotopic (exact) mass is 335 g/mol. The molecule has 0 saturated heterocycles. The van der Waals surface area contributed by atoms with Crippen molar-refractivity contribution in [2.45, 2.75) is 19.1 Å². The van der Waals surface area contributed by atoms with E-state index in [1.807, 2.05) is 0 Å². The van der Waals surface area contributed by atoms with Crippen LogP contribution in [0.3, 0.4) is 0 Å². The minimum atomic E-state index is -3.38. The molecule has 1 aromatic carbocycles. The van der Waals surface area contributed by atoms with Gasteiger partial charge in [-0.1, -0.05) is 0 Å². The van der Waals surface area contributed by atoms with Crippen molar-refractivity contribution in [1.82, 2.24) is 0 Å². The minimum absolute atomic E-state index is 0.452. The van der Waals surface area contributed by atoms with Crippen LogP contribution < -0.4 is 14.2 Å². The van der Waals surface area contributed by atoms with E-state index in [0.717, 1.165) is 0 Å². The first-order valence-corrected chi connectivity index (χ1v) is 7.85. The van der Waals surface area contributed by atoms with Crippen LogP contribution in [-0.4, -0.2) is 26.9 Å². The Morgan fingerprint density at radius 3 is 2.33 bits per heavy atom. The quantitative estimate of drug-likeness (QED) is 0.920. The van der Waals surface area contributed by atoms with Crippen LogP contribution in [0.5, 0.6) is 11.5 Å². The van der Waals surface area contributed by atoms with Gasteiger partial charge in [0.1, 0.15) is 13.2 Å². The zero-order chi connectivity index (χ0) is 13.3. The highest BCUT2D eigenvalue weighted by atomic mass is 79.9. The van der Waals surface area contributed by atoms with E-state index in [1.54, 1.807) is 26.0 Å². The maximum Gasteiger partial charge on any atom is 0.235 e. The lowest BCUT2D eigenvalue weighted by molar-refractivity contribution is 0.171. The number of rotatable bonds is 3. The van der Waals surface area contributed by atoms with Crippen molar-refractivity contribution in [1.29, 1.82) is 0 Å². The van der Waals surface area contributed by atoms with Crippen LogP contribution >= 0.6 is 15.9 Å². The number of anilines is 1. The van der Waals surface area contributed by atoms with E-state index in [2.05, 4.69) is 20.7 Å². The third-order valence-electron chi connectivity index (χ3n) is 2.50. The van der Waals surface area contributed by atoms with Crippen molar-refractivity contribution in [3.8, 4) is 11.5 Å². The molecular weight excluding hydrogens is 322 g/mol. The van der Waals surface area contributed by atoms with E-state index >= 15 is 0 Å². The van der Waals surface area contributed by atoms with Crippen LogP contribution in [-0.2, 0) is 10.0 Å². The molecule has 0 aliphatic carbocycles. The molecule has 7 heteroatoms. The van der Waals surface area contributed by atoms with Crippen LogP contribution in [0.15, 0.2) is 16.6 Å². The molecule has 0 radical (unpaired) electrons. The molecule has 100 valence electrons. The van der Waals surface area contributed by atoms with Crippen LogP contribution in [0.4, 0.5) is 5.69 Å². The summed E-state index contributed by atoms with van der Waals surface area (Å²) >= 11 is 3.31. The van der Waals surface area contributed by atoms with Crippen molar-refractivity contribution in [2.24, 2.45) is 0 Å². The highest BCUT2D eigenvalue weighted by Gasteiger charge is 2.20. The third kappa shape index (κ3) is 2.72. The number of benzene rings is 1. The van der Waals surface area contributed by atoms with Gasteiger partial charge < -0.3 is 9.47 Å². The predicted octanol–water partition coefficient (Wildman–Crippen LogP) is 2.37. The van der Waals surface area contributed by atoms with Gasteiger partial charge in [0, 0.05) is 16.6 Å². The van der Waals surface area contributed by atoms with E-state index in [0.29, 0.717) is 34.9 Å². The fourth-order valence-corrected chi connectivity index (χ4v) is 2.68. The molecule has 1 N–H and O–H groups in total. The Labute approximate surface area is 115 Å². The van der Waals surface area contributed by atoms with Crippen molar-refractivity contribution in [3.05, 3.63) is 16.6 Å². The average Bonchev–Trinajstić information content (AvgIpc) is 2.29. The van der Waals surface area contributed by atoms with Crippen LogP contribution in [0.25, 0.3) is 0 Å². The highest BCUT2D eigenvalue weighted by molar-refractivity contribution is 9.10. The summed E-state index contributed by atoms with van der Waals surface area (Å²) in [4.78, 5) is 0. The van der Waals surface area contributed by atoms with Gasteiger partial charge >= 0.3 is 0 Å². The van der Waals surface area contributed by atoms with E-state index in [1.165, 1.54) is 0 Å². The molecule has 0 amide bonds. The third-order valence-corrected chi connectivity index (χ3v) is 4.91. The van der Waals surface area contributed by atoms with Crippen LogP contribution in [0, 0.1) is 0 Å². The molecule has 0 bridgehead atoms. The number of halogens is 1.